The zero-order valence-corrected chi connectivity index (χ0v) is 45.1. The van der Waals surface area contributed by atoms with Crippen LogP contribution in [0.4, 0.5) is 68.2 Å². The Morgan fingerprint density at radius 3 is 0.835 bits per heavy atom. The van der Waals surface area contributed by atoms with Crippen molar-refractivity contribution >= 4 is 68.2 Å². The number of phenolic OH excluding ortho intramolecular Hbond substituents is 8. The first-order valence-corrected chi connectivity index (χ1v) is 25.3. The highest BCUT2D eigenvalue weighted by molar-refractivity contribution is 5.76. The molecule has 0 aliphatic carbocycles. The number of rotatable bonds is 19. The molecule has 432 valence electrons. The number of aromatic hydroxyl groups is 8. The third-order valence-corrected chi connectivity index (χ3v) is 13.7. The Kier molecular flexibility index (Phi) is 17.1. The van der Waals surface area contributed by atoms with Crippen LogP contribution in [0.5, 0.6) is 46.0 Å². The van der Waals surface area contributed by atoms with Gasteiger partial charge in [-0.15, -0.1) is 20.5 Å². The fourth-order valence-corrected chi connectivity index (χ4v) is 9.09. The van der Waals surface area contributed by atoms with Gasteiger partial charge in [0.05, 0.1) is 42.4 Å². The average molecular weight is 1160 g/mol. The van der Waals surface area contributed by atoms with Gasteiger partial charge < -0.3 is 40.9 Å². The van der Waals surface area contributed by atoms with Crippen LogP contribution in [0.3, 0.4) is 0 Å². The van der Waals surface area contributed by atoms with E-state index in [9.17, 15) is 81.3 Å². The lowest BCUT2D eigenvalue weighted by Gasteiger charge is -2.25. The summed E-state index contributed by atoms with van der Waals surface area (Å²) in [5, 5.41) is 174. The minimum Gasteiger partial charge on any atom is -0.505 e. The molecule has 8 N–H and O–H groups in total. The van der Waals surface area contributed by atoms with Gasteiger partial charge in [-0.1, -0.05) is 65.0 Å². The summed E-state index contributed by atoms with van der Waals surface area (Å²) in [5.41, 5.74) is -4.19. The Hall–Kier alpha value is -11.8. The lowest BCUT2D eigenvalue weighted by Crippen LogP contribution is -2.06. The van der Waals surface area contributed by atoms with Crippen molar-refractivity contribution in [3.05, 3.63) is 207 Å². The molecule has 0 heterocycles. The predicted octanol–water partition coefficient (Wildman–Crippen LogP) is 16.2. The first kappa shape index (κ1) is 59.3. The van der Waals surface area contributed by atoms with E-state index < -0.39 is 112 Å². The highest BCUT2D eigenvalue weighted by atomic mass is 16.6. The van der Waals surface area contributed by atoms with E-state index >= 15 is 0 Å². The van der Waals surface area contributed by atoms with E-state index in [2.05, 4.69) is 40.9 Å². The van der Waals surface area contributed by atoms with Crippen molar-refractivity contribution in [1.82, 2.24) is 0 Å². The number of phenols is 8. The average Bonchev–Trinajstić information content (AvgIpc) is 2.38. The largest absolute Gasteiger partial charge is 0.505 e. The van der Waals surface area contributed by atoms with E-state index in [1.54, 1.807) is 13.8 Å². The third-order valence-electron chi connectivity index (χ3n) is 13.7. The molecule has 3 atom stereocenters. The Morgan fingerprint density at radius 1 is 0.306 bits per heavy atom. The van der Waals surface area contributed by atoms with E-state index in [0.717, 1.165) is 30.3 Å². The van der Waals surface area contributed by atoms with Crippen molar-refractivity contribution in [2.45, 2.75) is 58.3 Å². The van der Waals surface area contributed by atoms with E-state index in [-0.39, 0.29) is 84.4 Å². The molecule has 0 radical (unpaired) electrons. The van der Waals surface area contributed by atoms with E-state index in [4.69, 9.17) is 0 Å². The number of benzene rings is 8. The van der Waals surface area contributed by atoms with Crippen LogP contribution >= 0.6 is 0 Å². The summed E-state index contributed by atoms with van der Waals surface area (Å²) in [7, 11) is 0. The summed E-state index contributed by atoms with van der Waals surface area (Å²) in [6, 6.07) is 26.4. The molecule has 28 nitrogen and oxygen atoms in total. The quantitative estimate of drug-likeness (QED) is 0.0212. The monoisotopic (exact) mass is 1160 g/mol. The van der Waals surface area contributed by atoms with Crippen molar-refractivity contribution in [3.63, 3.8) is 0 Å². The second-order valence-electron chi connectivity index (χ2n) is 19.4. The van der Waals surface area contributed by atoms with Gasteiger partial charge >= 0.3 is 0 Å². The van der Waals surface area contributed by atoms with Gasteiger partial charge in [0.2, 0.25) is 0 Å². The molecule has 8 aromatic carbocycles. The Balaban J connectivity index is 1.34. The Bertz CT molecular complexity index is 4150. The molecular weight excluding hydrogens is 1110 g/mol. The van der Waals surface area contributed by atoms with Crippen LogP contribution in [0.1, 0.15) is 97.2 Å². The molecule has 0 saturated carbocycles. The molecule has 0 amide bonds. The van der Waals surface area contributed by atoms with Crippen LogP contribution in [-0.2, 0) is 0 Å². The summed E-state index contributed by atoms with van der Waals surface area (Å²) in [5.74, 6) is -9.57. The topological polar surface area (TPSA) is 433 Å². The maximum absolute atomic E-state index is 12.3. The van der Waals surface area contributed by atoms with Crippen LogP contribution < -0.4 is 0 Å². The van der Waals surface area contributed by atoms with Gasteiger partial charge in [0.15, 0.2) is 57.2 Å². The number of azo groups is 4. The second kappa shape index (κ2) is 24.5. The molecule has 8 rings (SSSR count). The van der Waals surface area contributed by atoms with Gasteiger partial charge in [-0.3, -0.25) is 40.5 Å². The second-order valence-corrected chi connectivity index (χ2v) is 19.4. The molecule has 0 fully saturated rings. The highest BCUT2D eigenvalue weighted by Crippen LogP contribution is 2.56. The molecular formula is C57H48N12O16. The Morgan fingerprint density at radius 2 is 0.553 bits per heavy atom. The van der Waals surface area contributed by atoms with Crippen molar-refractivity contribution in [2.75, 3.05) is 0 Å². The lowest BCUT2D eigenvalue weighted by atomic mass is 9.82. The van der Waals surface area contributed by atoms with E-state index in [0.29, 0.717) is 0 Å². The van der Waals surface area contributed by atoms with Crippen molar-refractivity contribution < 1.29 is 60.5 Å². The third kappa shape index (κ3) is 12.4. The number of non-ortho nitro benzene ring substituents is 4. The molecule has 28 heteroatoms. The first-order chi connectivity index (χ1) is 40.4. The maximum Gasteiger partial charge on any atom is 0.271 e. The lowest BCUT2D eigenvalue weighted by molar-refractivity contribution is -0.385. The molecule has 0 saturated heterocycles. The van der Waals surface area contributed by atoms with E-state index in [1.165, 1.54) is 118 Å². The van der Waals surface area contributed by atoms with Crippen LogP contribution in [-0.4, -0.2) is 60.5 Å². The van der Waals surface area contributed by atoms with Gasteiger partial charge in [-0.2, -0.15) is 20.5 Å². The fourth-order valence-electron chi connectivity index (χ4n) is 9.09. The summed E-state index contributed by atoms with van der Waals surface area (Å²) in [6.07, 6.45) is 0. The number of nitro groups is 4. The van der Waals surface area contributed by atoms with Crippen LogP contribution in [0.2, 0.25) is 0 Å². The first-order valence-electron chi connectivity index (χ1n) is 25.3. The van der Waals surface area contributed by atoms with Gasteiger partial charge in [0.1, 0.15) is 11.5 Å². The summed E-state index contributed by atoms with van der Waals surface area (Å²) in [4.78, 5) is 43.7. The van der Waals surface area contributed by atoms with Crippen LogP contribution in [0.15, 0.2) is 168 Å². The molecule has 0 aromatic heterocycles. The minimum atomic E-state index is -1.30. The van der Waals surface area contributed by atoms with E-state index in [1.807, 2.05) is 0 Å². The SMILES string of the molecule is CC(C)c1cc(C(C)c2cc(C(C)c3cc(C(C)c4ccc(O)c(N=Nc5cccc([N+](=O)[O-])c5)c4O)c(O)c(N=Nc4cccc([N+](=O)[O-])c4)c3O)c(O)c(N=Nc3cccc([N+](=O)[O-])c3)c2O)c(O)c(N=Nc2cccc([N+](=O)[O-])c2)c1O. The number of nitrogens with zero attached hydrogens (tertiary/aromatic N) is 12. The number of hydrogen-bond acceptors (Lipinski definition) is 24. The smallest absolute Gasteiger partial charge is 0.271 e. The van der Waals surface area contributed by atoms with Crippen LogP contribution in [0, 0.1) is 40.5 Å². The zero-order valence-electron chi connectivity index (χ0n) is 45.1. The molecule has 0 spiro atoms. The summed E-state index contributed by atoms with van der Waals surface area (Å²) < 4.78 is 0. The van der Waals surface area contributed by atoms with Crippen molar-refractivity contribution in [1.29, 1.82) is 0 Å². The molecule has 3 unspecified atom stereocenters. The maximum atomic E-state index is 12.3. The molecule has 0 aliphatic heterocycles. The van der Waals surface area contributed by atoms with Crippen LogP contribution in [0.25, 0.3) is 0 Å². The van der Waals surface area contributed by atoms with Gasteiger partial charge in [0, 0.05) is 99.7 Å². The van der Waals surface area contributed by atoms with Crippen molar-refractivity contribution in [3.8, 4) is 46.0 Å². The Labute approximate surface area is 479 Å². The zero-order chi connectivity index (χ0) is 61.7. The highest BCUT2D eigenvalue weighted by Gasteiger charge is 2.33. The summed E-state index contributed by atoms with van der Waals surface area (Å²) in [6.45, 7) is 7.92. The standard InChI is InChI=1S/C57H48N12O16/c1-27(2)40-24-41(53(73)48(52(40)72)63-59-32-11-7-15-36(21-32)67(80)81)29(4)44-26-45(57(77)50(56(44)76)65-61-34-13-9-17-38(23-34)69(84)85)30(5)43-25-42(54(74)49(55(43)75)64-60-33-12-8-16-37(22-33)68(82)83)28(3)39-18-19-46(70)47(51(39)71)62-58-31-10-6-14-35(20-31)66(78)79/h6-30,70-77H,1-5H3. The van der Waals surface area contributed by atoms with Gasteiger partial charge in [-0.05, 0) is 60.0 Å². The summed E-state index contributed by atoms with van der Waals surface area (Å²) >= 11 is 0. The molecule has 85 heavy (non-hydrogen) atoms. The molecule has 8 aromatic rings. The minimum absolute atomic E-state index is 0.000730. The molecule has 0 bridgehead atoms. The number of nitro benzene ring substituents is 4. The molecule has 0 aliphatic rings. The number of hydrogen-bond donors (Lipinski definition) is 8. The fraction of sp³-hybridized carbons (Fsp3) is 0.158. The van der Waals surface area contributed by atoms with Gasteiger partial charge in [0.25, 0.3) is 22.7 Å². The van der Waals surface area contributed by atoms with Gasteiger partial charge in [-0.25, -0.2) is 0 Å². The normalized spacial score (nSPS) is 12.8. The van der Waals surface area contributed by atoms with Crippen molar-refractivity contribution in [2.24, 2.45) is 40.9 Å². The predicted molar refractivity (Wildman–Crippen MR) is 305 cm³/mol.